The van der Waals surface area contributed by atoms with Crippen LogP contribution < -0.4 is 5.32 Å². The molecule has 1 aliphatic heterocycles. The van der Waals surface area contributed by atoms with Crippen LogP contribution in [-0.2, 0) is 4.79 Å². The fourth-order valence-electron chi connectivity index (χ4n) is 3.80. The van der Waals surface area contributed by atoms with Crippen LogP contribution in [0.2, 0.25) is 0 Å². The van der Waals surface area contributed by atoms with Crippen LogP contribution in [0.3, 0.4) is 0 Å². The lowest BCUT2D eigenvalue weighted by Gasteiger charge is -2.32. The number of likely N-dealkylation sites (tertiary alicyclic amines) is 1. The predicted molar refractivity (Wildman–Crippen MR) is 97.3 cm³/mol. The van der Waals surface area contributed by atoms with Crippen LogP contribution in [0.15, 0.2) is 42.6 Å². The molecule has 1 N–H and O–H groups in total. The van der Waals surface area contributed by atoms with Gasteiger partial charge in [-0.25, -0.2) is 0 Å². The molecule has 130 valence electrons. The van der Waals surface area contributed by atoms with Crippen molar-refractivity contribution >= 4 is 11.7 Å². The van der Waals surface area contributed by atoms with Crippen LogP contribution >= 0.6 is 0 Å². The van der Waals surface area contributed by atoms with Crippen LogP contribution in [0.1, 0.15) is 36.3 Å². The molecule has 0 bridgehead atoms. The topological polar surface area (TPSA) is 58.1 Å². The summed E-state index contributed by atoms with van der Waals surface area (Å²) < 4.78 is 0. The quantitative estimate of drug-likeness (QED) is 0.932. The minimum atomic E-state index is 0.186. The number of rotatable bonds is 4. The Kier molecular flexibility index (Phi) is 4.38. The second-order valence-electron chi connectivity index (χ2n) is 7.22. The lowest BCUT2D eigenvalue weighted by Crippen LogP contribution is -2.43. The molecule has 0 spiro atoms. The van der Waals surface area contributed by atoms with Crippen molar-refractivity contribution in [1.82, 2.24) is 15.1 Å². The van der Waals surface area contributed by atoms with Crippen LogP contribution in [0.5, 0.6) is 0 Å². The molecule has 1 aromatic heterocycles. The van der Waals surface area contributed by atoms with Gasteiger partial charge >= 0.3 is 0 Å². The summed E-state index contributed by atoms with van der Waals surface area (Å²) in [5.41, 5.74) is 2.59. The highest BCUT2D eigenvalue weighted by atomic mass is 16.2. The Morgan fingerprint density at radius 1 is 1.20 bits per heavy atom. The van der Waals surface area contributed by atoms with Crippen molar-refractivity contribution < 1.29 is 4.79 Å². The number of hydrogen-bond donors (Lipinski definition) is 1. The summed E-state index contributed by atoms with van der Waals surface area (Å²) in [4.78, 5) is 14.8. The number of carbonyl (C=O) groups excluding carboxylic acids is 1. The third-order valence-corrected chi connectivity index (χ3v) is 5.31. The smallest absolute Gasteiger partial charge is 0.226 e. The van der Waals surface area contributed by atoms with Gasteiger partial charge in [0.15, 0.2) is 0 Å². The molecule has 5 heteroatoms. The number of anilines is 1. The van der Waals surface area contributed by atoms with Crippen LogP contribution in [-0.4, -0.2) is 40.1 Å². The Bertz CT molecular complexity index is 740. The van der Waals surface area contributed by atoms with E-state index < -0.39 is 0 Å². The average molecular weight is 336 g/mol. The zero-order valence-corrected chi connectivity index (χ0v) is 14.6. The van der Waals surface area contributed by atoms with Crippen LogP contribution in [0.25, 0.3) is 0 Å². The number of hydrogen-bond acceptors (Lipinski definition) is 4. The minimum Gasteiger partial charge on any atom is -0.366 e. The van der Waals surface area contributed by atoms with Crippen molar-refractivity contribution in [2.24, 2.45) is 5.92 Å². The van der Waals surface area contributed by atoms with Gasteiger partial charge in [-0.15, -0.1) is 5.10 Å². The lowest BCUT2D eigenvalue weighted by molar-refractivity contribution is -0.133. The van der Waals surface area contributed by atoms with Crippen molar-refractivity contribution in [1.29, 1.82) is 0 Å². The van der Waals surface area contributed by atoms with Gasteiger partial charge in [0, 0.05) is 31.2 Å². The van der Waals surface area contributed by atoms with Crippen LogP contribution in [0, 0.1) is 12.8 Å². The summed E-state index contributed by atoms with van der Waals surface area (Å²) in [7, 11) is 0. The zero-order chi connectivity index (χ0) is 17.2. The highest BCUT2D eigenvalue weighted by Gasteiger charge is 2.46. The summed E-state index contributed by atoms with van der Waals surface area (Å²) in [6.45, 7) is 3.76. The molecule has 5 nitrogen and oxygen atoms in total. The normalized spacial score (nSPS) is 23.3. The summed E-state index contributed by atoms with van der Waals surface area (Å²) in [6.07, 6.45) is 4.60. The van der Waals surface area contributed by atoms with Gasteiger partial charge in [-0.1, -0.05) is 29.8 Å². The highest BCUT2D eigenvalue weighted by molar-refractivity contribution is 5.83. The Morgan fingerprint density at radius 2 is 2.04 bits per heavy atom. The Balaban J connectivity index is 1.29. The van der Waals surface area contributed by atoms with Crippen molar-refractivity contribution in [2.45, 2.75) is 38.1 Å². The van der Waals surface area contributed by atoms with Gasteiger partial charge in [-0.05, 0) is 49.8 Å². The maximum absolute atomic E-state index is 12.8. The maximum atomic E-state index is 12.8. The number of piperidine rings is 1. The van der Waals surface area contributed by atoms with E-state index in [9.17, 15) is 4.79 Å². The third-order valence-electron chi connectivity index (χ3n) is 5.31. The first-order valence-electron chi connectivity index (χ1n) is 9.10. The Morgan fingerprint density at radius 3 is 2.76 bits per heavy atom. The fraction of sp³-hybridized carbons (Fsp3) is 0.450. The van der Waals surface area contributed by atoms with E-state index in [-0.39, 0.29) is 5.92 Å². The molecular formula is C20H24N4O. The van der Waals surface area contributed by atoms with E-state index in [1.54, 1.807) is 6.20 Å². The first-order chi connectivity index (χ1) is 12.2. The highest BCUT2D eigenvalue weighted by Crippen LogP contribution is 2.48. The van der Waals surface area contributed by atoms with E-state index in [0.717, 1.165) is 38.2 Å². The van der Waals surface area contributed by atoms with E-state index in [1.807, 2.05) is 12.1 Å². The van der Waals surface area contributed by atoms with E-state index in [0.29, 0.717) is 17.9 Å². The van der Waals surface area contributed by atoms with E-state index in [2.05, 4.69) is 51.6 Å². The molecule has 0 unspecified atom stereocenters. The van der Waals surface area contributed by atoms with Crippen LogP contribution in [0.4, 0.5) is 5.82 Å². The zero-order valence-electron chi connectivity index (χ0n) is 14.6. The number of aromatic nitrogens is 2. The summed E-state index contributed by atoms with van der Waals surface area (Å²) >= 11 is 0. The van der Waals surface area contributed by atoms with E-state index in [4.69, 9.17) is 0 Å². The molecule has 2 aromatic rings. The summed E-state index contributed by atoms with van der Waals surface area (Å²) in [6, 6.07) is 12.8. The standard InChI is InChI=1S/C20H24N4O/c1-14-4-2-5-15(12-14)17-13-18(17)20(25)24-10-7-16(8-11-24)22-19-6-3-9-21-23-19/h2-6,9,12,16-18H,7-8,10-11,13H2,1H3,(H,22,23)/t17-,18-/m0/s1. The largest absolute Gasteiger partial charge is 0.366 e. The molecular weight excluding hydrogens is 312 g/mol. The lowest BCUT2D eigenvalue weighted by atomic mass is 10.0. The van der Waals surface area contributed by atoms with Gasteiger partial charge in [-0.2, -0.15) is 5.10 Å². The number of nitrogens with one attached hydrogen (secondary N) is 1. The molecule has 0 radical (unpaired) electrons. The molecule has 1 saturated heterocycles. The van der Waals surface area contributed by atoms with E-state index >= 15 is 0 Å². The Labute approximate surface area is 148 Å². The molecule has 2 aliphatic rings. The number of benzene rings is 1. The fourth-order valence-corrected chi connectivity index (χ4v) is 3.80. The number of aryl methyl sites for hydroxylation is 1. The van der Waals surface area contributed by atoms with Gasteiger partial charge < -0.3 is 10.2 Å². The first-order valence-corrected chi connectivity index (χ1v) is 9.10. The minimum absolute atomic E-state index is 0.186. The molecule has 2 atom stereocenters. The first kappa shape index (κ1) is 16.1. The molecule has 2 fully saturated rings. The third kappa shape index (κ3) is 3.65. The second kappa shape index (κ2) is 6.82. The summed E-state index contributed by atoms with van der Waals surface area (Å²) in [5, 5.41) is 11.4. The van der Waals surface area contributed by atoms with Gasteiger partial charge in [0.1, 0.15) is 5.82 Å². The number of carbonyl (C=O) groups is 1. The van der Waals surface area contributed by atoms with Gasteiger partial charge in [0.25, 0.3) is 0 Å². The molecule has 1 aromatic carbocycles. The molecule has 1 aliphatic carbocycles. The molecule has 1 saturated carbocycles. The van der Waals surface area contributed by atoms with E-state index in [1.165, 1.54) is 11.1 Å². The monoisotopic (exact) mass is 336 g/mol. The second-order valence-corrected chi connectivity index (χ2v) is 7.22. The Hall–Kier alpha value is -2.43. The van der Waals surface area contributed by atoms with Gasteiger partial charge in [-0.3, -0.25) is 4.79 Å². The maximum Gasteiger partial charge on any atom is 0.226 e. The molecule has 25 heavy (non-hydrogen) atoms. The van der Waals surface area contributed by atoms with Gasteiger partial charge in [0.2, 0.25) is 5.91 Å². The number of amides is 1. The average Bonchev–Trinajstić information content (AvgIpc) is 3.43. The molecule has 4 rings (SSSR count). The van der Waals surface area contributed by atoms with Crippen molar-refractivity contribution in [3.63, 3.8) is 0 Å². The van der Waals surface area contributed by atoms with Gasteiger partial charge in [0.05, 0.1) is 0 Å². The van der Waals surface area contributed by atoms with Crippen molar-refractivity contribution in [2.75, 3.05) is 18.4 Å². The predicted octanol–water partition coefficient (Wildman–Crippen LogP) is 2.99. The molecule has 2 heterocycles. The van der Waals surface area contributed by atoms with Crippen molar-refractivity contribution in [3.05, 3.63) is 53.7 Å². The van der Waals surface area contributed by atoms with Crippen molar-refractivity contribution in [3.8, 4) is 0 Å². The number of nitrogens with zero attached hydrogens (tertiary/aromatic N) is 3. The SMILES string of the molecule is Cc1cccc([C@@H]2C[C@@H]2C(=O)N2CCC(Nc3cccnn3)CC2)c1. The molecule has 1 amide bonds. The summed E-state index contributed by atoms with van der Waals surface area (Å²) in [5.74, 6) is 1.76.